The Bertz CT molecular complexity index is 1510. The number of sulfone groups is 1. The van der Waals surface area contributed by atoms with Gasteiger partial charge in [0.15, 0.2) is 21.4 Å². The van der Waals surface area contributed by atoms with E-state index in [9.17, 15) is 31.0 Å². The van der Waals surface area contributed by atoms with Gasteiger partial charge in [0.05, 0.1) is 51.6 Å². The van der Waals surface area contributed by atoms with Crippen LogP contribution in [0.15, 0.2) is 64.4 Å². The first kappa shape index (κ1) is 24.8. The van der Waals surface area contributed by atoms with Crippen LogP contribution in [0.2, 0.25) is 0 Å². The standard InChI is InChI=1S/C23H22N2O8S2/c1-33-9-10-34(28,29)14-6-4-5-13(11-14)25-17-12-18(35(30,31)32)21(24)20-19(17)22(26)15-7-2-3-8-16(15)23(20)27/h2-8,11-12,15-16,25H,9-10,24H2,1H3,(H,30,31,32). The van der Waals surface area contributed by atoms with Crippen molar-refractivity contribution in [3.05, 3.63) is 65.8 Å². The molecule has 0 saturated heterocycles. The number of methoxy groups -OCH3 is 1. The molecular formula is C23H22N2O8S2. The maximum atomic E-state index is 13.4. The lowest BCUT2D eigenvalue weighted by atomic mass is 9.71. The molecule has 2 aromatic carbocycles. The van der Waals surface area contributed by atoms with E-state index in [1.165, 1.54) is 37.5 Å². The molecule has 2 aliphatic rings. The molecule has 4 rings (SSSR count). The second-order valence-electron chi connectivity index (χ2n) is 8.08. The van der Waals surface area contributed by atoms with Crippen molar-refractivity contribution in [2.24, 2.45) is 11.8 Å². The summed E-state index contributed by atoms with van der Waals surface area (Å²) in [5.74, 6) is -2.96. The fourth-order valence-electron chi connectivity index (χ4n) is 4.17. The van der Waals surface area contributed by atoms with Gasteiger partial charge >= 0.3 is 0 Å². The summed E-state index contributed by atoms with van der Waals surface area (Å²) in [5, 5.41) is 2.84. The number of anilines is 3. The number of Topliss-reactive ketones (excluding diaryl/α,β-unsaturated/α-hetero) is 2. The number of allylic oxidation sites excluding steroid dienone is 4. The highest BCUT2D eigenvalue weighted by atomic mass is 32.2. The highest BCUT2D eigenvalue weighted by Crippen LogP contribution is 2.43. The van der Waals surface area contributed by atoms with Gasteiger partial charge in [-0.05, 0) is 24.3 Å². The summed E-state index contributed by atoms with van der Waals surface area (Å²) in [7, 11) is -7.17. The van der Waals surface area contributed by atoms with Gasteiger partial charge in [-0.25, -0.2) is 8.42 Å². The molecule has 2 atom stereocenters. The molecule has 0 saturated carbocycles. The molecular weight excluding hydrogens is 496 g/mol. The van der Waals surface area contributed by atoms with Gasteiger partial charge in [0.25, 0.3) is 10.1 Å². The lowest BCUT2D eigenvalue weighted by Crippen LogP contribution is -2.37. The molecule has 0 bridgehead atoms. The van der Waals surface area contributed by atoms with Crippen LogP contribution in [0.5, 0.6) is 0 Å². The van der Waals surface area contributed by atoms with E-state index in [0.29, 0.717) is 0 Å². The molecule has 2 aromatic rings. The monoisotopic (exact) mass is 518 g/mol. The lowest BCUT2D eigenvalue weighted by Gasteiger charge is -2.31. The topological polar surface area (TPSA) is 170 Å². The molecule has 0 radical (unpaired) electrons. The number of benzene rings is 2. The number of rotatable bonds is 7. The summed E-state index contributed by atoms with van der Waals surface area (Å²) in [4.78, 5) is 25.9. The molecule has 4 N–H and O–H groups in total. The van der Waals surface area contributed by atoms with E-state index in [0.717, 1.165) is 6.07 Å². The average molecular weight is 519 g/mol. The van der Waals surface area contributed by atoms with Gasteiger partial charge < -0.3 is 15.8 Å². The van der Waals surface area contributed by atoms with Crippen molar-refractivity contribution in [3.8, 4) is 0 Å². The third kappa shape index (κ3) is 4.52. The maximum absolute atomic E-state index is 13.4. The Hall–Kier alpha value is -3.32. The normalized spacial score (nSPS) is 19.4. The lowest BCUT2D eigenvalue weighted by molar-refractivity contribution is 0.0803. The van der Waals surface area contributed by atoms with Crippen molar-refractivity contribution in [1.29, 1.82) is 0 Å². The van der Waals surface area contributed by atoms with Crippen molar-refractivity contribution >= 4 is 48.6 Å². The number of ketones is 2. The van der Waals surface area contributed by atoms with Crippen LogP contribution in [0, 0.1) is 11.8 Å². The molecule has 0 spiro atoms. The minimum Gasteiger partial charge on any atom is -0.397 e. The minimum absolute atomic E-state index is 0.00961. The van der Waals surface area contributed by atoms with Crippen LogP contribution < -0.4 is 11.1 Å². The van der Waals surface area contributed by atoms with Crippen molar-refractivity contribution < 1.29 is 35.7 Å². The molecule has 0 aliphatic heterocycles. The van der Waals surface area contributed by atoms with Crippen LogP contribution in [-0.4, -0.2) is 52.4 Å². The SMILES string of the molecule is COCCS(=O)(=O)c1cccc(Nc2cc(S(=O)(=O)O)c(N)c3c2C(=O)C2C=CC=CC2C3=O)c1. The van der Waals surface area contributed by atoms with Crippen molar-refractivity contribution in [2.45, 2.75) is 9.79 Å². The Kier molecular flexibility index (Phi) is 6.40. The van der Waals surface area contributed by atoms with Crippen molar-refractivity contribution in [2.75, 3.05) is 30.5 Å². The van der Waals surface area contributed by atoms with Crippen LogP contribution in [-0.2, 0) is 24.7 Å². The molecule has 0 heterocycles. The van der Waals surface area contributed by atoms with Gasteiger partial charge in [-0.15, -0.1) is 0 Å². The van der Waals surface area contributed by atoms with E-state index < -0.39 is 53.9 Å². The Morgan fingerprint density at radius 3 is 2.23 bits per heavy atom. The average Bonchev–Trinajstić information content (AvgIpc) is 2.81. The van der Waals surface area contributed by atoms with Crippen LogP contribution in [0.3, 0.4) is 0 Å². The quantitative estimate of drug-likeness (QED) is 0.365. The molecule has 10 nitrogen and oxygen atoms in total. The highest BCUT2D eigenvalue weighted by molar-refractivity contribution is 7.91. The number of fused-ring (bicyclic) bond motifs is 2. The maximum Gasteiger partial charge on any atom is 0.296 e. The van der Waals surface area contributed by atoms with Crippen LogP contribution in [0.25, 0.3) is 0 Å². The van der Waals surface area contributed by atoms with E-state index in [2.05, 4.69) is 5.32 Å². The van der Waals surface area contributed by atoms with Gasteiger partial charge in [-0.2, -0.15) is 8.42 Å². The number of carbonyl (C=O) groups excluding carboxylic acids is 2. The second-order valence-corrected chi connectivity index (χ2v) is 11.6. The molecule has 0 aromatic heterocycles. The van der Waals surface area contributed by atoms with Gasteiger partial charge in [0.1, 0.15) is 4.90 Å². The summed E-state index contributed by atoms with van der Waals surface area (Å²) >= 11 is 0. The first-order chi connectivity index (χ1) is 16.5. The first-order valence-corrected chi connectivity index (χ1v) is 13.5. The summed E-state index contributed by atoms with van der Waals surface area (Å²) in [5.41, 5.74) is 5.12. The van der Waals surface area contributed by atoms with Gasteiger partial charge in [-0.3, -0.25) is 14.1 Å². The molecule has 184 valence electrons. The van der Waals surface area contributed by atoms with Gasteiger partial charge in [-0.1, -0.05) is 30.4 Å². The van der Waals surface area contributed by atoms with Crippen LogP contribution in [0.1, 0.15) is 20.7 Å². The Labute approximate surface area is 202 Å². The largest absolute Gasteiger partial charge is 0.397 e. The third-order valence-electron chi connectivity index (χ3n) is 5.87. The summed E-state index contributed by atoms with van der Waals surface area (Å²) in [6.45, 7) is -0.00961. The number of carbonyl (C=O) groups is 2. The highest BCUT2D eigenvalue weighted by Gasteiger charge is 2.43. The molecule has 2 unspecified atom stereocenters. The number of nitrogen functional groups attached to an aromatic ring is 1. The fourth-order valence-corrected chi connectivity index (χ4v) is 6.03. The number of hydrogen-bond donors (Lipinski definition) is 3. The van der Waals surface area contributed by atoms with Crippen LogP contribution in [0.4, 0.5) is 17.1 Å². The molecule has 2 aliphatic carbocycles. The number of hydrogen-bond acceptors (Lipinski definition) is 9. The summed E-state index contributed by atoms with van der Waals surface area (Å²) < 4.78 is 63.8. The van der Waals surface area contributed by atoms with E-state index in [1.54, 1.807) is 18.2 Å². The zero-order valence-corrected chi connectivity index (χ0v) is 20.1. The van der Waals surface area contributed by atoms with Crippen LogP contribution >= 0.6 is 0 Å². The number of ether oxygens (including phenoxy) is 1. The third-order valence-corrected chi connectivity index (χ3v) is 8.44. The van der Waals surface area contributed by atoms with Gasteiger partial charge in [0.2, 0.25) is 0 Å². The Morgan fingerprint density at radius 2 is 1.63 bits per heavy atom. The van der Waals surface area contributed by atoms with Crippen molar-refractivity contribution in [3.63, 3.8) is 0 Å². The second kappa shape index (κ2) is 9.04. The number of nitrogens with one attached hydrogen (secondary N) is 1. The molecule has 35 heavy (non-hydrogen) atoms. The Balaban J connectivity index is 1.88. The summed E-state index contributed by atoms with van der Waals surface area (Å²) in [6.07, 6.45) is 6.35. The molecule has 0 amide bonds. The molecule has 12 heteroatoms. The van der Waals surface area contributed by atoms with Crippen molar-refractivity contribution in [1.82, 2.24) is 0 Å². The Morgan fingerprint density at radius 1 is 1.00 bits per heavy atom. The number of nitrogens with two attached hydrogens (primary N) is 1. The predicted molar refractivity (Wildman–Crippen MR) is 128 cm³/mol. The van der Waals surface area contributed by atoms with E-state index in [4.69, 9.17) is 10.5 Å². The molecule has 0 fully saturated rings. The zero-order chi connectivity index (χ0) is 25.5. The zero-order valence-electron chi connectivity index (χ0n) is 18.5. The summed E-state index contributed by atoms with van der Waals surface area (Å²) in [6, 6.07) is 6.63. The smallest absolute Gasteiger partial charge is 0.296 e. The van der Waals surface area contributed by atoms with E-state index in [1.807, 2.05) is 0 Å². The predicted octanol–water partition coefficient (Wildman–Crippen LogP) is 2.42. The van der Waals surface area contributed by atoms with Gasteiger partial charge in [0, 0.05) is 12.8 Å². The fraction of sp³-hybridized carbons (Fsp3) is 0.217. The first-order valence-electron chi connectivity index (χ1n) is 10.4. The van der Waals surface area contributed by atoms with E-state index >= 15 is 0 Å². The minimum atomic E-state index is -4.86. The van der Waals surface area contributed by atoms with E-state index in [-0.39, 0.29) is 39.8 Å².